The third-order valence-electron chi connectivity index (χ3n) is 3.67. The summed E-state index contributed by atoms with van der Waals surface area (Å²) >= 11 is 1.60. The quantitative estimate of drug-likeness (QED) is 0.935. The Morgan fingerprint density at radius 2 is 1.96 bits per heavy atom. The van der Waals surface area contributed by atoms with Crippen LogP contribution < -0.4 is 10.2 Å². The summed E-state index contributed by atoms with van der Waals surface area (Å²) in [6.07, 6.45) is 0. The molecule has 0 spiro atoms. The van der Waals surface area contributed by atoms with Crippen LogP contribution in [0.15, 0.2) is 48.5 Å². The number of carbonyl (C=O) groups excluding carboxylic acids is 2. The van der Waals surface area contributed by atoms with Crippen molar-refractivity contribution in [3.63, 3.8) is 0 Å². The van der Waals surface area contributed by atoms with E-state index in [4.69, 9.17) is 0 Å². The Labute approximate surface area is 139 Å². The summed E-state index contributed by atoms with van der Waals surface area (Å²) in [5.41, 5.74) is 3.82. The number of nitrogens with one attached hydrogen (secondary N) is 1. The van der Waals surface area contributed by atoms with Gasteiger partial charge in [0, 0.05) is 18.3 Å². The first kappa shape index (κ1) is 15.6. The molecule has 4 nitrogen and oxygen atoms in total. The molecule has 1 saturated heterocycles. The Morgan fingerprint density at radius 1 is 1.22 bits per heavy atom. The summed E-state index contributed by atoms with van der Waals surface area (Å²) in [6.45, 7) is 3.51. The Morgan fingerprint density at radius 3 is 2.65 bits per heavy atom. The van der Waals surface area contributed by atoms with Crippen molar-refractivity contribution in [2.24, 2.45) is 0 Å². The second-order valence-electron chi connectivity index (χ2n) is 5.57. The SMILES string of the molecule is CC(=O)Nc1cccc(C2SCC(=O)N2c2ccc(C)cc2)c1. The van der Waals surface area contributed by atoms with Gasteiger partial charge in [-0.3, -0.25) is 14.5 Å². The highest BCUT2D eigenvalue weighted by molar-refractivity contribution is 8.00. The molecule has 1 aliphatic rings. The molecule has 118 valence electrons. The van der Waals surface area contributed by atoms with Gasteiger partial charge in [0.2, 0.25) is 11.8 Å². The van der Waals surface area contributed by atoms with Gasteiger partial charge in [-0.05, 0) is 36.8 Å². The summed E-state index contributed by atoms with van der Waals surface area (Å²) in [7, 11) is 0. The fourth-order valence-electron chi connectivity index (χ4n) is 2.63. The molecule has 0 saturated carbocycles. The van der Waals surface area contributed by atoms with Gasteiger partial charge in [0.05, 0.1) is 5.75 Å². The lowest BCUT2D eigenvalue weighted by atomic mass is 10.1. The predicted molar refractivity (Wildman–Crippen MR) is 94.6 cm³/mol. The van der Waals surface area contributed by atoms with E-state index in [2.05, 4.69) is 5.32 Å². The topological polar surface area (TPSA) is 49.4 Å². The zero-order valence-corrected chi connectivity index (χ0v) is 13.9. The van der Waals surface area contributed by atoms with Crippen LogP contribution in [-0.2, 0) is 9.59 Å². The van der Waals surface area contributed by atoms with E-state index < -0.39 is 0 Å². The van der Waals surface area contributed by atoms with E-state index in [9.17, 15) is 9.59 Å². The number of nitrogens with zero attached hydrogens (tertiary/aromatic N) is 1. The first-order valence-electron chi connectivity index (χ1n) is 7.42. The Hall–Kier alpha value is -2.27. The lowest BCUT2D eigenvalue weighted by molar-refractivity contribution is -0.116. The molecule has 1 atom stereocenters. The number of benzene rings is 2. The molecule has 1 unspecified atom stereocenters. The van der Waals surface area contributed by atoms with Crippen LogP contribution in [0.25, 0.3) is 0 Å². The van der Waals surface area contributed by atoms with Crippen molar-refractivity contribution in [2.45, 2.75) is 19.2 Å². The fourth-order valence-corrected chi connectivity index (χ4v) is 3.80. The third-order valence-corrected chi connectivity index (χ3v) is 4.88. The zero-order chi connectivity index (χ0) is 16.4. The Balaban J connectivity index is 1.93. The van der Waals surface area contributed by atoms with Gasteiger partial charge in [0.25, 0.3) is 0 Å². The molecule has 0 aromatic heterocycles. The van der Waals surface area contributed by atoms with Gasteiger partial charge in [-0.25, -0.2) is 0 Å². The van der Waals surface area contributed by atoms with Gasteiger partial charge >= 0.3 is 0 Å². The maximum atomic E-state index is 12.3. The number of hydrogen-bond donors (Lipinski definition) is 1. The maximum Gasteiger partial charge on any atom is 0.238 e. The van der Waals surface area contributed by atoms with Crippen LogP contribution in [0.2, 0.25) is 0 Å². The molecule has 2 aromatic rings. The second kappa shape index (κ2) is 6.46. The average molecular weight is 326 g/mol. The Bertz CT molecular complexity index is 743. The van der Waals surface area contributed by atoms with Gasteiger partial charge < -0.3 is 5.32 Å². The highest BCUT2D eigenvalue weighted by atomic mass is 32.2. The van der Waals surface area contributed by atoms with Crippen molar-refractivity contribution in [3.05, 3.63) is 59.7 Å². The summed E-state index contributed by atoms with van der Waals surface area (Å²) in [6, 6.07) is 15.6. The molecule has 1 heterocycles. The number of carbonyl (C=O) groups is 2. The van der Waals surface area contributed by atoms with Crippen LogP contribution in [0.5, 0.6) is 0 Å². The van der Waals surface area contributed by atoms with E-state index in [0.29, 0.717) is 5.75 Å². The molecule has 1 fully saturated rings. The van der Waals surface area contributed by atoms with Crippen molar-refractivity contribution in [1.82, 2.24) is 0 Å². The van der Waals surface area contributed by atoms with Gasteiger partial charge in [-0.2, -0.15) is 0 Å². The summed E-state index contributed by atoms with van der Waals surface area (Å²) in [5.74, 6) is 0.463. The normalized spacial score (nSPS) is 17.4. The molecular weight excluding hydrogens is 308 g/mol. The number of rotatable bonds is 3. The van der Waals surface area contributed by atoms with Crippen molar-refractivity contribution < 1.29 is 9.59 Å². The number of thioether (sulfide) groups is 1. The molecule has 1 aliphatic heterocycles. The Kier molecular flexibility index (Phi) is 4.39. The molecular formula is C18H18N2O2S. The van der Waals surface area contributed by atoms with Gasteiger partial charge in [0.1, 0.15) is 5.37 Å². The van der Waals surface area contributed by atoms with Crippen LogP contribution in [0.1, 0.15) is 23.4 Å². The van der Waals surface area contributed by atoms with Gasteiger partial charge in [-0.1, -0.05) is 29.8 Å². The fraction of sp³-hybridized carbons (Fsp3) is 0.222. The molecule has 0 aliphatic carbocycles. The highest BCUT2D eigenvalue weighted by Gasteiger charge is 2.34. The highest BCUT2D eigenvalue weighted by Crippen LogP contribution is 2.42. The summed E-state index contributed by atoms with van der Waals surface area (Å²) in [4.78, 5) is 25.4. The molecule has 0 bridgehead atoms. The second-order valence-corrected chi connectivity index (χ2v) is 6.64. The van der Waals surface area contributed by atoms with Gasteiger partial charge in [0.15, 0.2) is 0 Å². The smallest absolute Gasteiger partial charge is 0.238 e. The molecule has 5 heteroatoms. The van der Waals surface area contributed by atoms with Crippen molar-refractivity contribution >= 4 is 35.0 Å². The lowest BCUT2D eigenvalue weighted by Crippen LogP contribution is -2.27. The molecule has 2 aromatic carbocycles. The first-order valence-corrected chi connectivity index (χ1v) is 8.47. The monoisotopic (exact) mass is 326 g/mol. The standard InChI is InChI=1S/C18H18N2O2S/c1-12-6-8-16(9-7-12)20-17(22)11-23-18(20)14-4-3-5-15(10-14)19-13(2)21/h3-10,18H,11H2,1-2H3,(H,19,21). The van der Waals surface area contributed by atoms with Crippen LogP contribution >= 0.6 is 11.8 Å². The van der Waals surface area contributed by atoms with E-state index in [1.807, 2.05) is 60.4 Å². The number of hydrogen-bond acceptors (Lipinski definition) is 3. The number of amides is 2. The minimum atomic E-state index is -0.104. The molecule has 3 rings (SSSR count). The first-order chi connectivity index (χ1) is 11.0. The van der Waals surface area contributed by atoms with Crippen LogP contribution in [0.3, 0.4) is 0 Å². The lowest BCUT2D eigenvalue weighted by Gasteiger charge is -2.25. The molecule has 1 N–H and O–H groups in total. The van der Waals surface area contributed by atoms with Crippen molar-refractivity contribution in [2.75, 3.05) is 16.0 Å². The molecule has 0 radical (unpaired) electrons. The minimum absolute atomic E-state index is 0.0704. The van der Waals surface area contributed by atoms with Crippen molar-refractivity contribution in [1.29, 1.82) is 0 Å². The zero-order valence-electron chi connectivity index (χ0n) is 13.1. The summed E-state index contributed by atoms with van der Waals surface area (Å²) in [5, 5.41) is 2.72. The van der Waals surface area contributed by atoms with Crippen molar-refractivity contribution in [3.8, 4) is 0 Å². The average Bonchev–Trinajstić information content (AvgIpc) is 2.89. The predicted octanol–water partition coefficient (Wildman–Crippen LogP) is 3.73. The molecule has 23 heavy (non-hydrogen) atoms. The van der Waals surface area contributed by atoms with E-state index in [0.717, 1.165) is 22.5 Å². The third kappa shape index (κ3) is 3.40. The molecule has 2 amide bonds. The largest absolute Gasteiger partial charge is 0.326 e. The summed E-state index contributed by atoms with van der Waals surface area (Å²) < 4.78 is 0. The van der Waals surface area contributed by atoms with E-state index in [1.54, 1.807) is 11.8 Å². The number of aryl methyl sites for hydroxylation is 1. The number of anilines is 2. The minimum Gasteiger partial charge on any atom is -0.326 e. The van der Waals surface area contributed by atoms with Gasteiger partial charge in [-0.15, -0.1) is 11.8 Å². The van der Waals surface area contributed by atoms with E-state index in [-0.39, 0.29) is 17.2 Å². The van der Waals surface area contributed by atoms with Crippen LogP contribution in [-0.4, -0.2) is 17.6 Å². The maximum absolute atomic E-state index is 12.3. The van der Waals surface area contributed by atoms with E-state index >= 15 is 0 Å². The van der Waals surface area contributed by atoms with Crippen LogP contribution in [0.4, 0.5) is 11.4 Å². The van der Waals surface area contributed by atoms with Crippen LogP contribution in [0, 0.1) is 6.92 Å². The van der Waals surface area contributed by atoms with E-state index in [1.165, 1.54) is 6.92 Å².